The van der Waals surface area contributed by atoms with Gasteiger partial charge < -0.3 is 15.2 Å². The summed E-state index contributed by atoms with van der Waals surface area (Å²) in [4.78, 5) is 21.7. The van der Waals surface area contributed by atoms with Crippen molar-refractivity contribution in [2.45, 2.75) is 46.0 Å². The van der Waals surface area contributed by atoms with Crippen LogP contribution in [0.4, 0.5) is 5.82 Å². The Bertz CT molecular complexity index is 491. The number of aromatic nitrogens is 2. The average Bonchev–Trinajstić information content (AvgIpc) is 2.47. The van der Waals surface area contributed by atoms with Gasteiger partial charge in [0.15, 0.2) is 0 Å². The Morgan fingerprint density at radius 2 is 2.29 bits per heavy atom. The normalized spacial score (nSPS) is 19.0. The van der Waals surface area contributed by atoms with Gasteiger partial charge in [-0.15, -0.1) is 0 Å². The number of H-pyrrole nitrogens is 1. The van der Waals surface area contributed by atoms with Gasteiger partial charge in [0, 0.05) is 25.1 Å². The molecule has 2 N–H and O–H groups in total. The lowest BCUT2D eigenvalue weighted by molar-refractivity contribution is 0.376. The van der Waals surface area contributed by atoms with E-state index in [1.165, 1.54) is 12.8 Å². The van der Waals surface area contributed by atoms with Gasteiger partial charge in [-0.1, -0.05) is 20.8 Å². The molecule has 0 bridgehead atoms. The second kappa shape index (κ2) is 7.59. The molecule has 1 unspecified atom stereocenters. The Kier molecular flexibility index (Phi) is 5.79. The van der Waals surface area contributed by atoms with E-state index in [9.17, 15) is 4.79 Å². The average molecular weight is 292 g/mol. The van der Waals surface area contributed by atoms with Crippen LogP contribution >= 0.6 is 0 Å². The van der Waals surface area contributed by atoms with Crippen molar-refractivity contribution in [2.24, 2.45) is 5.92 Å². The van der Waals surface area contributed by atoms with Crippen LogP contribution in [0.1, 0.15) is 51.8 Å². The fraction of sp³-hybridized carbons (Fsp3) is 0.750. The molecule has 118 valence electrons. The molecule has 2 rings (SSSR count). The van der Waals surface area contributed by atoms with Crippen LogP contribution < -0.4 is 15.8 Å². The monoisotopic (exact) mass is 292 g/mol. The van der Waals surface area contributed by atoms with Crippen LogP contribution in [0.5, 0.6) is 0 Å². The lowest BCUT2D eigenvalue weighted by Crippen LogP contribution is -2.39. The van der Waals surface area contributed by atoms with E-state index in [0.717, 1.165) is 44.2 Å². The third-order valence-electron chi connectivity index (χ3n) is 3.99. The number of aromatic amines is 1. The van der Waals surface area contributed by atoms with Gasteiger partial charge >= 0.3 is 0 Å². The summed E-state index contributed by atoms with van der Waals surface area (Å²) in [5.74, 6) is 2.49. The van der Waals surface area contributed by atoms with E-state index in [-0.39, 0.29) is 11.5 Å². The highest BCUT2D eigenvalue weighted by Crippen LogP contribution is 2.18. The van der Waals surface area contributed by atoms with Gasteiger partial charge in [0.1, 0.15) is 11.6 Å². The van der Waals surface area contributed by atoms with E-state index in [1.807, 2.05) is 0 Å². The standard InChI is InChI=1S/C16H28N4O/c1-4-8-20(11-13-6-5-7-17-10-13)14-9-15(21)19-16(18-14)12(2)3/h9,12-13,17H,4-8,10-11H2,1-3H3,(H,18,19,21). The van der Waals surface area contributed by atoms with Crippen molar-refractivity contribution in [3.63, 3.8) is 0 Å². The summed E-state index contributed by atoms with van der Waals surface area (Å²) in [6, 6.07) is 1.64. The first-order valence-corrected chi connectivity index (χ1v) is 8.17. The molecule has 1 atom stereocenters. The fourth-order valence-corrected chi connectivity index (χ4v) is 2.86. The Balaban J connectivity index is 2.18. The molecular weight excluding hydrogens is 264 g/mol. The Hall–Kier alpha value is -1.36. The highest BCUT2D eigenvalue weighted by Gasteiger charge is 2.18. The van der Waals surface area contributed by atoms with E-state index in [2.05, 4.69) is 41.0 Å². The summed E-state index contributed by atoms with van der Waals surface area (Å²) in [6.45, 7) is 10.4. The van der Waals surface area contributed by atoms with Gasteiger partial charge in [0.25, 0.3) is 5.56 Å². The number of piperidine rings is 1. The molecule has 0 spiro atoms. The Labute approximate surface area is 127 Å². The van der Waals surface area contributed by atoms with E-state index in [4.69, 9.17) is 0 Å². The van der Waals surface area contributed by atoms with Crippen molar-refractivity contribution >= 4 is 5.82 Å². The Morgan fingerprint density at radius 1 is 1.48 bits per heavy atom. The third kappa shape index (κ3) is 4.56. The smallest absolute Gasteiger partial charge is 0.252 e. The number of anilines is 1. The van der Waals surface area contributed by atoms with Crippen LogP contribution in [0.15, 0.2) is 10.9 Å². The molecule has 5 nitrogen and oxygen atoms in total. The maximum Gasteiger partial charge on any atom is 0.252 e. The number of hydrogen-bond donors (Lipinski definition) is 2. The molecule has 21 heavy (non-hydrogen) atoms. The lowest BCUT2D eigenvalue weighted by atomic mass is 9.99. The second-order valence-electron chi connectivity index (χ2n) is 6.30. The topological polar surface area (TPSA) is 61.0 Å². The number of rotatable bonds is 6. The summed E-state index contributed by atoms with van der Waals surface area (Å²) in [5.41, 5.74) is -0.0495. The molecular formula is C16H28N4O. The zero-order valence-electron chi connectivity index (χ0n) is 13.5. The summed E-state index contributed by atoms with van der Waals surface area (Å²) in [6.07, 6.45) is 3.56. The van der Waals surface area contributed by atoms with Gasteiger partial charge in [-0.2, -0.15) is 0 Å². The number of hydrogen-bond acceptors (Lipinski definition) is 4. The summed E-state index contributed by atoms with van der Waals surface area (Å²) < 4.78 is 0. The van der Waals surface area contributed by atoms with Gasteiger partial charge in [-0.25, -0.2) is 4.98 Å². The van der Waals surface area contributed by atoms with E-state index < -0.39 is 0 Å². The van der Waals surface area contributed by atoms with Gasteiger partial charge in [0.2, 0.25) is 0 Å². The second-order valence-corrected chi connectivity index (χ2v) is 6.30. The number of nitrogens with zero attached hydrogens (tertiary/aromatic N) is 2. The molecule has 2 heterocycles. The molecule has 1 aromatic rings. The summed E-state index contributed by atoms with van der Waals surface area (Å²) >= 11 is 0. The van der Waals surface area contributed by atoms with Gasteiger partial charge in [0.05, 0.1) is 0 Å². The molecule has 1 aliphatic heterocycles. The SMILES string of the molecule is CCCN(CC1CCCNC1)c1cc(=O)[nH]c(C(C)C)n1. The summed E-state index contributed by atoms with van der Waals surface area (Å²) in [5, 5.41) is 3.46. The minimum absolute atomic E-state index is 0.0495. The molecule has 0 aliphatic carbocycles. The molecule has 0 aromatic carbocycles. The van der Waals surface area contributed by atoms with E-state index in [1.54, 1.807) is 6.07 Å². The van der Waals surface area contributed by atoms with Crippen molar-refractivity contribution in [3.05, 3.63) is 22.2 Å². The van der Waals surface area contributed by atoms with Crippen LogP contribution in [-0.4, -0.2) is 36.1 Å². The maximum atomic E-state index is 11.9. The molecule has 1 fully saturated rings. The largest absolute Gasteiger partial charge is 0.356 e. The zero-order valence-corrected chi connectivity index (χ0v) is 13.5. The highest BCUT2D eigenvalue weighted by molar-refractivity contribution is 5.37. The first-order valence-electron chi connectivity index (χ1n) is 8.17. The van der Waals surface area contributed by atoms with Crippen LogP contribution in [0.2, 0.25) is 0 Å². The molecule has 0 amide bonds. The molecule has 0 radical (unpaired) electrons. The minimum atomic E-state index is -0.0495. The van der Waals surface area contributed by atoms with E-state index >= 15 is 0 Å². The van der Waals surface area contributed by atoms with E-state index in [0.29, 0.717) is 5.92 Å². The molecule has 1 saturated heterocycles. The van der Waals surface area contributed by atoms with Gasteiger partial charge in [-0.3, -0.25) is 4.79 Å². The van der Waals surface area contributed by atoms with Crippen LogP contribution in [-0.2, 0) is 0 Å². The predicted molar refractivity (Wildman–Crippen MR) is 87.0 cm³/mol. The van der Waals surface area contributed by atoms with Crippen molar-refractivity contribution in [1.82, 2.24) is 15.3 Å². The van der Waals surface area contributed by atoms with Crippen molar-refractivity contribution in [2.75, 3.05) is 31.1 Å². The Morgan fingerprint density at radius 3 is 2.90 bits per heavy atom. The van der Waals surface area contributed by atoms with Crippen LogP contribution in [0, 0.1) is 5.92 Å². The van der Waals surface area contributed by atoms with Crippen molar-refractivity contribution < 1.29 is 0 Å². The third-order valence-corrected chi connectivity index (χ3v) is 3.99. The molecule has 1 aromatic heterocycles. The first-order chi connectivity index (χ1) is 10.1. The van der Waals surface area contributed by atoms with Crippen LogP contribution in [0.3, 0.4) is 0 Å². The van der Waals surface area contributed by atoms with Crippen molar-refractivity contribution in [1.29, 1.82) is 0 Å². The number of nitrogens with one attached hydrogen (secondary N) is 2. The highest BCUT2D eigenvalue weighted by atomic mass is 16.1. The molecule has 1 aliphatic rings. The van der Waals surface area contributed by atoms with Crippen molar-refractivity contribution in [3.8, 4) is 0 Å². The fourth-order valence-electron chi connectivity index (χ4n) is 2.86. The zero-order chi connectivity index (χ0) is 15.2. The quantitative estimate of drug-likeness (QED) is 0.843. The predicted octanol–water partition coefficient (Wildman–Crippen LogP) is 2.11. The van der Waals surface area contributed by atoms with Crippen LogP contribution in [0.25, 0.3) is 0 Å². The minimum Gasteiger partial charge on any atom is -0.356 e. The summed E-state index contributed by atoms with van der Waals surface area (Å²) in [7, 11) is 0. The van der Waals surface area contributed by atoms with Gasteiger partial charge in [-0.05, 0) is 38.3 Å². The lowest BCUT2D eigenvalue weighted by Gasteiger charge is -2.31. The maximum absolute atomic E-state index is 11.9. The molecule has 5 heteroatoms. The molecule has 0 saturated carbocycles. The first kappa shape index (κ1) is 16.0.